The van der Waals surface area contributed by atoms with E-state index in [2.05, 4.69) is 5.32 Å². The van der Waals surface area contributed by atoms with Gasteiger partial charge in [-0.05, 0) is 33.4 Å². The summed E-state index contributed by atoms with van der Waals surface area (Å²) in [6, 6.07) is 0. The summed E-state index contributed by atoms with van der Waals surface area (Å²) < 4.78 is 0. The van der Waals surface area contributed by atoms with Gasteiger partial charge in [-0.1, -0.05) is 26.0 Å². The maximum absolute atomic E-state index is 10.8. The van der Waals surface area contributed by atoms with Crippen LogP contribution < -0.4 is 11.1 Å². The van der Waals surface area contributed by atoms with E-state index in [0.29, 0.717) is 6.54 Å². The van der Waals surface area contributed by atoms with E-state index in [1.54, 1.807) is 20.0 Å². The molecule has 0 fully saturated rings. The molecule has 4 heteroatoms. The summed E-state index contributed by atoms with van der Waals surface area (Å²) in [4.78, 5) is 10.8. The van der Waals surface area contributed by atoms with Crippen molar-refractivity contribution in [2.24, 2.45) is 5.73 Å². The Morgan fingerprint density at radius 2 is 2.07 bits per heavy atom. The zero-order valence-corrected chi connectivity index (χ0v) is 10.2. The Hall–Kier alpha value is -0.870. The fraction of sp³-hybridized carbons (Fsp3) is 0.727. The third-order valence-electron chi connectivity index (χ3n) is 1.99. The molecule has 0 aliphatic carbocycles. The number of carboxylic acid groups (broad SMARTS) is 1. The van der Waals surface area contributed by atoms with Crippen LogP contribution in [0.2, 0.25) is 0 Å². The molecule has 90 valence electrons. The van der Waals surface area contributed by atoms with Crippen LogP contribution in [0.5, 0.6) is 0 Å². The number of hydrogen-bond acceptors (Lipinski definition) is 3. The molecule has 0 rings (SSSR count). The minimum atomic E-state index is -0.964. The molecule has 0 bridgehead atoms. The van der Waals surface area contributed by atoms with Crippen LogP contribution in [0.25, 0.3) is 0 Å². The van der Waals surface area contributed by atoms with E-state index in [0.717, 1.165) is 12.8 Å². The highest BCUT2D eigenvalue weighted by Gasteiger charge is 2.26. The summed E-state index contributed by atoms with van der Waals surface area (Å²) in [7, 11) is 1.63. The highest BCUT2D eigenvalue weighted by atomic mass is 16.4. The fourth-order valence-corrected chi connectivity index (χ4v) is 0.816. The van der Waals surface area contributed by atoms with Crippen molar-refractivity contribution in [3.8, 4) is 0 Å². The summed E-state index contributed by atoms with van der Waals surface area (Å²) in [6.45, 7) is 6.25. The van der Waals surface area contributed by atoms with E-state index in [4.69, 9.17) is 10.8 Å². The SMILES string of the molecule is CC.CNC(C)(/C=C/CCCN)C(=O)O. The quantitative estimate of drug-likeness (QED) is 0.463. The number of carboxylic acids is 1. The van der Waals surface area contributed by atoms with Crippen molar-refractivity contribution in [2.45, 2.75) is 39.2 Å². The van der Waals surface area contributed by atoms with Gasteiger partial charge in [0.1, 0.15) is 5.54 Å². The second-order valence-electron chi connectivity index (χ2n) is 3.09. The number of carbonyl (C=O) groups is 1. The van der Waals surface area contributed by atoms with Crippen LogP contribution in [0, 0.1) is 0 Å². The number of aliphatic carboxylic acids is 1. The Morgan fingerprint density at radius 1 is 1.53 bits per heavy atom. The summed E-state index contributed by atoms with van der Waals surface area (Å²) in [5, 5.41) is 11.6. The maximum Gasteiger partial charge on any atom is 0.327 e. The van der Waals surface area contributed by atoms with Crippen molar-refractivity contribution in [3.05, 3.63) is 12.2 Å². The molecule has 0 aliphatic rings. The number of unbranched alkanes of at least 4 members (excludes halogenated alkanes) is 1. The van der Waals surface area contributed by atoms with E-state index in [1.807, 2.05) is 19.9 Å². The molecule has 0 spiro atoms. The molecule has 0 heterocycles. The predicted octanol–water partition coefficient (Wildman–Crippen LogP) is 1.37. The lowest BCUT2D eigenvalue weighted by molar-refractivity contribution is -0.141. The lowest BCUT2D eigenvalue weighted by Gasteiger charge is -2.19. The van der Waals surface area contributed by atoms with E-state index < -0.39 is 11.5 Å². The minimum absolute atomic E-state index is 0.633. The number of allylic oxidation sites excluding steroid dienone is 1. The van der Waals surface area contributed by atoms with Gasteiger partial charge in [0, 0.05) is 0 Å². The lowest BCUT2D eigenvalue weighted by atomic mass is 10.0. The van der Waals surface area contributed by atoms with Crippen LogP contribution in [0.3, 0.4) is 0 Å². The summed E-state index contributed by atoms with van der Waals surface area (Å²) >= 11 is 0. The zero-order valence-electron chi connectivity index (χ0n) is 10.2. The third kappa shape index (κ3) is 7.11. The molecule has 0 aromatic heterocycles. The van der Waals surface area contributed by atoms with Gasteiger partial charge in [-0.25, -0.2) is 4.79 Å². The molecule has 4 nitrogen and oxygen atoms in total. The standard InChI is InChI=1S/C9H18N2O2.C2H6/c1-9(11-2,8(12)13)6-4-3-5-7-10;1-2/h4,6,11H,3,5,7,10H2,1-2H3,(H,12,13);1-2H3/b6-4+;. The molecule has 0 aromatic carbocycles. The average Bonchev–Trinajstić information content (AvgIpc) is 2.26. The molecule has 1 atom stereocenters. The first-order valence-electron chi connectivity index (χ1n) is 5.37. The lowest BCUT2D eigenvalue weighted by Crippen LogP contribution is -2.45. The maximum atomic E-state index is 10.8. The van der Waals surface area contributed by atoms with Crippen molar-refractivity contribution in [1.82, 2.24) is 5.32 Å². The van der Waals surface area contributed by atoms with Crippen molar-refractivity contribution in [2.75, 3.05) is 13.6 Å². The van der Waals surface area contributed by atoms with Crippen LogP contribution in [-0.2, 0) is 4.79 Å². The third-order valence-corrected chi connectivity index (χ3v) is 1.99. The van der Waals surface area contributed by atoms with Crippen molar-refractivity contribution in [1.29, 1.82) is 0 Å². The largest absolute Gasteiger partial charge is 0.480 e. The van der Waals surface area contributed by atoms with Crippen LogP contribution in [0.4, 0.5) is 0 Å². The van der Waals surface area contributed by atoms with E-state index in [1.165, 1.54) is 0 Å². The predicted molar refractivity (Wildman–Crippen MR) is 63.9 cm³/mol. The number of nitrogens with two attached hydrogens (primary N) is 1. The summed E-state index contributed by atoms with van der Waals surface area (Å²) in [5.41, 5.74) is 4.34. The molecule has 15 heavy (non-hydrogen) atoms. The molecule has 0 aromatic rings. The number of rotatable bonds is 6. The Kier molecular flexibility index (Phi) is 10.7. The van der Waals surface area contributed by atoms with Crippen LogP contribution >= 0.6 is 0 Å². The molecule has 0 amide bonds. The first-order chi connectivity index (χ1) is 7.06. The summed E-state index contributed by atoms with van der Waals surface area (Å²) in [5.74, 6) is -0.876. The van der Waals surface area contributed by atoms with Gasteiger partial charge >= 0.3 is 5.97 Å². The van der Waals surface area contributed by atoms with Crippen molar-refractivity contribution < 1.29 is 9.90 Å². The van der Waals surface area contributed by atoms with E-state index in [9.17, 15) is 4.79 Å². The fourth-order valence-electron chi connectivity index (χ4n) is 0.816. The Labute approximate surface area is 92.6 Å². The first-order valence-corrected chi connectivity index (χ1v) is 5.37. The van der Waals surface area contributed by atoms with Gasteiger partial charge in [0.2, 0.25) is 0 Å². The first kappa shape index (κ1) is 16.6. The van der Waals surface area contributed by atoms with Crippen LogP contribution in [0.15, 0.2) is 12.2 Å². The number of nitrogens with one attached hydrogen (secondary N) is 1. The normalized spacial score (nSPS) is 14.2. The smallest absolute Gasteiger partial charge is 0.327 e. The Bertz CT molecular complexity index is 193. The van der Waals surface area contributed by atoms with Crippen molar-refractivity contribution >= 4 is 5.97 Å². The van der Waals surface area contributed by atoms with Crippen molar-refractivity contribution in [3.63, 3.8) is 0 Å². The number of likely N-dealkylation sites (N-methyl/N-ethyl adjacent to an activating group) is 1. The molecule has 4 N–H and O–H groups in total. The second kappa shape index (κ2) is 9.68. The van der Waals surface area contributed by atoms with Gasteiger partial charge in [-0.2, -0.15) is 0 Å². The summed E-state index contributed by atoms with van der Waals surface area (Å²) in [6.07, 6.45) is 5.21. The molecule has 0 aliphatic heterocycles. The highest BCUT2D eigenvalue weighted by Crippen LogP contribution is 2.06. The van der Waals surface area contributed by atoms with Gasteiger partial charge in [0.05, 0.1) is 0 Å². The monoisotopic (exact) mass is 216 g/mol. The van der Waals surface area contributed by atoms with Gasteiger partial charge in [-0.3, -0.25) is 0 Å². The highest BCUT2D eigenvalue weighted by molar-refractivity contribution is 5.80. The average molecular weight is 216 g/mol. The molecular formula is C11H24N2O2. The minimum Gasteiger partial charge on any atom is -0.480 e. The second-order valence-corrected chi connectivity index (χ2v) is 3.09. The molecule has 0 saturated heterocycles. The van der Waals surface area contributed by atoms with Gasteiger partial charge < -0.3 is 16.2 Å². The van der Waals surface area contributed by atoms with Crippen LogP contribution in [0.1, 0.15) is 33.6 Å². The Morgan fingerprint density at radius 3 is 2.40 bits per heavy atom. The van der Waals surface area contributed by atoms with Gasteiger partial charge in [-0.15, -0.1) is 0 Å². The van der Waals surface area contributed by atoms with Gasteiger partial charge in [0.25, 0.3) is 0 Å². The van der Waals surface area contributed by atoms with E-state index in [-0.39, 0.29) is 0 Å². The van der Waals surface area contributed by atoms with Gasteiger partial charge in [0.15, 0.2) is 0 Å². The van der Waals surface area contributed by atoms with Crippen LogP contribution in [-0.4, -0.2) is 30.2 Å². The molecule has 1 unspecified atom stereocenters. The zero-order chi connectivity index (χ0) is 12.3. The molecule has 0 saturated carbocycles. The number of hydrogen-bond donors (Lipinski definition) is 3. The topological polar surface area (TPSA) is 75.3 Å². The molecular weight excluding hydrogens is 192 g/mol. The molecule has 0 radical (unpaired) electrons. The Balaban J connectivity index is 0. The van der Waals surface area contributed by atoms with E-state index >= 15 is 0 Å².